The van der Waals surface area contributed by atoms with Gasteiger partial charge >= 0.3 is 6.09 Å². The molecular weight excluding hydrogens is 287 g/mol. The normalized spacial score (nSPS) is 10.6. The molecule has 0 saturated heterocycles. The summed E-state index contributed by atoms with van der Waals surface area (Å²) in [4.78, 5) is 13.7. The topological polar surface area (TPSA) is 41.6 Å². The Balaban J connectivity index is 2.41. The van der Waals surface area contributed by atoms with Gasteiger partial charge in [-0.2, -0.15) is 0 Å². The molecule has 0 atom stereocenters. The number of rotatable bonds is 6. The molecule has 0 spiro atoms. The third kappa shape index (κ3) is 5.27. The van der Waals surface area contributed by atoms with E-state index >= 15 is 0 Å². The number of anilines is 1. The number of likely N-dealkylation sites (N-methyl/N-ethyl adjacent to an activating group) is 1. The molecule has 0 heterocycles. The van der Waals surface area contributed by atoms with E-state index in [9.17, 15) is 4.79 Å². The molecule has 0 aliphatic carbocycles. The Hall–Kier alpha value is -0.970. The first kappa shape index (κ1) is 16.1. The SMILES string of the molecule is CCN(CC)CCOC(=O)Nc1cccc(Cl)c1Cl. The Morgan fingerprint density at radius 3 is 2.63 bits per heavy atom. The Morgan fingerprint density at radius 1 is 1.32 bits per heavy atom. The highest BCUT2D eigenvalue weighted by Crippen LogP contribution is 2.29. The van der Waals surface area contributed by atoms with E-state index in [4.69, 9.17) is 27.9 Å². The molecule has 106 valence electrons. The largest absolute Gasteiger partial charge is 0.448 e. The highest BCUT2D eigenvalue weighted by molar-refractivity contribution is 6.43. The molecule has 1 aromatic rings. The summed E-state index contributed by atoms with van der Waals surface area (Å²) in [6, 6.07) is 5.03. The van der Waals surface area contributed by atoms with Crippen molar-refractivity contribution in [1.82, 2.24) is 4.90 Å². The number of benzene rings is 1. The predicted octanol–water partition coefficient (Wildman–Crippen LogP) is 3.88. The van der Waals surface area contributed by atoms with Gasteiger partial charge in [0.1, 0.15) is 6.61 Å². The van der Waals surface area contributed by atoms with Gasteiger partial charge in [0, 0.05) is 6.54 Å². The molecule has 6 heteroatoms. The zero-order valence-electron chi connectivity index (χ0n) is 11.1. The van der Waals surface area contributed by atoms with Crippen LogP contribution < -0.4 is 5.32 Å². The van der Waals surface area contributed by atoms with Crippen molar-refractivity contribution in [2.75, 3.05) is 31.6 Å². The van der Waals surface area contributed by atoms with E-state index in [0.29, 0.717) is 28.9 Å². The van der Waals surface area contributed by atoms with Gasteiger partial charge < -0.3 is 9.64 Å². The van der Waals surface area contributed by atoms with Gasteiger partial charge in [-0.25, -0.2) is 4.79 Å². The van der Waals surface area contributed by atoms with Crippen molar-refractivity contribution in [3.05, 3.63) is 28.2 Å². The van der Waals surface area contributed by atoms with E-state index in [1.807, 2.05) is 0 Å². The smallest absolute Gasteiger partial charge is 0.411 e. The van der Waals surface area contributed by atoms with Crippen molar-refractivity contribution in [1.29, 1.82) is 0 Å². The van der Waals surface area contributed by atoms with Gasteiger partial charge in [0.25, 0.3) is 0 Å². The van der Waals surface area contributed by atoms with Crippen LogP contribution in [0.15, 0.2) is 18.2 Å². The van der Waals surface area contributed by atoms with E-state index in [1.165, 1.54) is 0 Å². The van der Waals surface area contributed by atoms with Gasteiger partial charge in [-0.05, 0) is 25.2 Å². The fourth-order valence-corrected chi connectivity index (χ4v) is 1.90. The average molecular weight is 305 g/mol. The molecule has 0 unspecified atom stereocenters. The summed E-state index contributed by atoms with van der Waals surface area (Å²) in [5.41, 5.74) is 0.446. The molecule has 1 amide bonds. The molecule has 0 fully saturated rings. The number of ether oxygens (including phenoxy) is 1. The van der Waals surface area contributed by atoms with Crippen LogP contribution in [-0.2, 0) is 4.74 Å². The third-order valence-corrected chi connectivity index (χ3v) is 3.54. The number of hydrogen-bond donors (Lipinski definition) is 1. The summed E-state index contributed by atoms with van der Waals surface area (Å²) in [5, 5.41) is 3.27. The second-order valence-corrected chi connectivity index (χ2v) is 4.67. The van der Waals surface area contributed by atoms with Crippen LogP contribution in [0.3, 0.4) is 0 Å². The summed E-state index contributed by atoms with van der Waals surface area (Å²) in [6.45, 7) is 7.04. The monoisotopic (exact) mass is 304 g/mol. The van der Waals surface area contributed by atoms with E-state index < -0.39 is 6.09 Å². The Bertz CT molecular complexity index is 423. The summed E-state index contributed by atoms with van der Waals surface area (Å²) >= 11 is 11.8. The molecule has 0 bridgehead atoms. The molecule has 1 aromatic carbocycles. The summed E-state index contributed by atoms with van der Waals surface area (Å²) in [5.74, 6) is 0. The summed E-state index contributed by atoms with van der Waals surface area (Å²) in [6.07, 6.45) is -0.531. The highest BCUT2D eigenvalue weighted by Gasteiger charge is 2.09. The third-order valence-electron chi connectivity index (χ3n) is 2.72. The fourth-order valence-electron chi connectivity index (χ4n) is 1.55. The molecule has 4 nitrogen and oxygen atoms in total. The van der Waals surface area contributed by atoms with Crippen LogP contribution >= 0.6 is 23.2 Å². The summed E-state index contributed by atoms with van der Waals surface area (Å²) < 4.78 is 5.08. The van der Waals surface area contributed by atoms with Crippen molar-refractivity contribution in [3.63, 3.8) is 0 Å². The standard InChI is InChI=1S/C13H18Cl2N2O2/c1-3-17(4-2)8-9-19-13(18)16-11-7-5-6-10(14)12(11)15/h5-7H,3-4,8-9H2,1-2H3,(H,16,18). The Morgan fingerprint density at radius 2 is 2.00 bits per heavy atom. The number of nitrogens with one attached hydrogen (secondary N) is 1. The molecule has 0 saturated carbocycles. The molecular formula is C13H18Cl2N2O2. The van der Waals surface area contributed by atoms with Gasteiger partial charge in [0.2, 0.25) is 0 Å². The summed E-state index contributed by atoms with van der Waals surface area (Å²) in [7, 11) is 0. The highest BCUT2D eigenvalue weighted by atomic mass is 35.5. The lowest BCUT2D eigenvalue weighted by Gasteiger charge is -2.17. The first-order valence-electron chi connectivity index (χ1n) is 6.18. The van der Waals surface area contributed by atoms with Gasteiger partial charge in [-0.15, -0.1) is 0 Å². The van der Waals surface area contributed by atoms with Gasteiger partial charge in [-0.3, -0.25) is 5.32 Å². The quantitative estimate of drug-likeness (QED) is 0.867. The predicted molar refractivity (Wildman–Crippen MR) is 79.2 cm³/mol. The van der Waals surface area contributed by atoms with Crippen molar-refractivity contribution in [2.45, 2.75) is 13.8 Å². The van der Waals surface area contributed by atoms with Crippen molar-refractivity contribution in [3.8, 4) is 0 Å². The molecule has 0 aliphatic heterocycles. The van der Waals surface area contributed by atoms with E-state index in [0.717, 1.165) is 13.1 Å². The minimum atomic E-state index is -0.531. The number of hydrogen-bond acceptors (Lipinski definition) is 3. The van der Waals surface area contributed by atoms with Crippen LogP contribution in [0.1, 0.15) is 13.8 Å². The number of carbonyl (C=O) groups is 1. The van der Waals surface area contributed by atoms with Gasteiger partial charge in [0.05, 0.1) is 15.7 Å². The zero-order chi connectivity index (χ0) is 14.3. The molecule has 0 aromatic heterocycles. The zero-order valence-corrected chi connectivity index (χ0v) is 12.6. The fraction of sp³-hybridized carbons (Fsp3) is 0.462. The maximum Gasteiger partial charge on any atom is 0.411 e. The number of nitrogens with zero attached hydrogens (tertiary/aromatic N) is 1. The number of amides is 1. The van der Waals surface area contributed by atoms with E-state index in [-0.39, 0.29) is 0 Å². The van der Waals surface area contributed by atoms with Crippen LogP contribution in [0, 0.1) is 0 Å². The number of carbonyl (C=O) groups excluding carboxylic acids is 1. The van der Waals surface area contributed by atoms with Crippen LogP contribution in [0.2, 0.25) is 10.0 Å². The maximum atomic E-state index is 11.6. The van der Waals surface area contributed by atoms with Crippen molar-refractivity contribution >= 4 is 35.0 Å². The van der Waals surface area contributed by atoms with E-state index in [2.05, 4.69) is 24.1 Å². The van der Waals surface area contributed by atoms with Crippen LogP contribution in [0.25, 0.3) is 0 Å². The molecule has 1 rings (SSSR count). The van der Waals surface area contributed by atoms with Gasteiger partial charge in [-0.1, -0.05) is 43.1 Å². The minimum absolute atomic E-state index is 0.310. The van der Waals surface area contributed by atoms with Gasteiger partial charge in [0.15, 0.2) is 0 Å². The molecule has 0 radical (unpaired) electrons. The lowest BCUT2D eigenvalue weighted by molar-refractivity contribution is 0.142. The molecule has 19 heavy (non-hydrogen) atoms. The molecule has 1 N–H and O–H groups in total. The first-order valence-corrected chi connectivity index (χ1v) is 6.94. The van der Waals surface area contributed by atoms with Crippen molar-refractivity contribution < 1.29 is 9.53 Å². The molecule has 0 aliphatic rings. The maximum absolute atomic E-state index is 11.6. The van der Waals surface area contributed by atoms with Crippen LogP contribution in [0.5, 0.6) is 0 Å². The lowest BCUT2D eigenvalue weighted by Crippen LogP contribution is -2.28. The van der Waals surface area contributed by atoms with Crippen molar-refractivity contribution in [2.24, 2.45) is 0 Å². The lowest BCUT2D eigenvalue weighted by atomic mass is 10.3. The van der Waals surface area contributed by atoms with Crippen LogP contribution in [-0.4, -0.2) is 37.2 Å². The minimum Gasteiger partial charge on any atom is -0.448 e. The van der Waals surface area contributed by atoms with Crippen LogP contribution in [0.4, 0.5) is 10.5 Å². The van der Waals surface area contributed by atoms with E-state index in [1.54, 1.807) is 18.2 Å². The first-order chi connectivity index (χ1) is 9.08. The second-order valence-electron chi connectivity index (χ2n) is 3.89. The number of halogens is 2. The Kier molecular flexibility index (Phi) is 6.99. The Labute approximate surface area is 123 Å². The average Bonchev–Trinajstić information content (AvgIpc) is 2.40. The second kappa shape index (κ2) is 8.25.